The van der Waals surface area contributed by atoms with E-state index in [0.717, 1.165) is 24.5 Å². The second-order valence-electron chi connectivity index (χ2n) is 4.16. The van der Waals surface area contributed by atoms with Gasteiger partial charge in [0.2, 0.25) is 0 Å². The summed E-state index contributed by atoms with van der Waals surface area (Å²) in [5, 5.41) is 3.40. The van der Waals surface area contributed by atoms with Crippen molar-refractivity contribution >= 4 is 11.8 Å². The molecule has 0 aliphatic heterocycles. The Labute approximate surface area is 113 Å². The molecule has 2 rings (SSSR count). The zero-order chi connectivity index (χ0) is 12.6. The zero-order valence-electron chi connectivity index (χ0n) is 10.6. The molecule has 2 nitrogen and oxygen atoms in total. The van der Waals surface area contributed by atoms with Crippen molar-refractivity contribution in [3.05, 3.63) is 59.9 Å². The molecule has 0 spiro atoms. The molecule has 0 aliphatic carbocycles. The van der Waals surface area contributed by atoms with E-state index in [0.29, 0.717) is 0 Å². The third kappa shape index (κ3) is 4.51. The van der Waals surface area contributed by atoms with Gasteiger partial charge in [-0.1, -0.05) is 23.8 Å². The van der Waals surface area contributed by atoms with Crippen LogP contribution in [0.15, 0.2) is 53.6 Å². The summed E-state index contributed by atoms with van der Waals surface area (Å²) >= 11 is 1.89. The predicted octanol–water partition coefficient (Wildman–Crippen LogP) is 3.27. The summed E-state index contributed by atoms with van der Waals surface area (Å²) in [4.78, 5) is 5.62. The normalized spacial score (nSPS) is 10.5. The first-order chi connectivity index (χ1) is 8.84. The van der Waals surface area contributed by atoms with Crippen LogP contribution in [-0.4, -0.2) is 17.3 Å². The molecule has 94 valence electrons. The first-order valence-corrected chi connectivity index (χ1v) is 7.13. The first kappa shape index (κ1) is 13.1. The lowest BCUT2D eigenvalue weighted by Crippen LogP contribution is -2.17. The van der Waals surface area contributed by atoms with Gasteiger partial charge in [-0.25, -0.2) is 0 Å². The smallest absolute Gasteiger partial charge is 0.0541 e. The van der Waals surface area contributed by atoms with Crippen LogP contribution < -0.4 is 5.32 Å². The lowest BCUT2D eigenvalue weighted by Gasteiger charge is -2.05. The zero-order valence-corrected chi connectivity index (χ0v) is 11.4. The van der Waals surface area contributed by atoms with Crippen LogP contribution in [0.5, 0.6) is 0 Å². The highest BCUT2D eigenvalue weighted by Crippen LogP contribution is 2.17. The van der Waals surface area contributed by atoms with E-state index in [9.17, 15) is 0 Å². The Hall–Kier alpha value is -1.32. The van der Waals surface area contributed by atoms with Crippen LogP contribution in [-0.2, 0) is 6.54 Å². The molecule has 0 unspecified atom stereocenters. The predicted molar refractivity (Wildman–Crippen MR) is 77.8 cm³/mol. The van der Waals surface area contributed by atoms with Crippen molar-refractivity contribution in [1.29, 1.82) is 0 Å². The molecule has 0 bridgehead atoms. The quantitative estimate of drug-likeness (QED) is 0.636. The number of aromatic nitrogens is 1. The average molecular weight is 258 g/mol. The van der Waals surface area contributed by atoms with Crippen LogP contribution in [0.1, 0.15) is 11.3 Å². The molecule has 1 aromatic carbocycles. The molecule has 1 heterocycles. The molecule has 0 fully saturated rings. The van der Waals surface area contributed by atoms with Crippen molar-refractivity contribution in [2.75, 3.05) is 12.3 Å². The first-order valence-electron chi connectivity index (χ1n) is 6.15. The van der Waals surface area contributed by atoms with Gasteiger partial charge in [0.15, 0.2) is 0 Å². The van der Waals surface area contributed by atoms with E-state index in [1.807, 2.05) is 36.2 Å². The number of nitrogens with zero attached hydrogens (tertiary/aromatic N) is 1. The maximum atomic E-state index is 4.28. The van der Waals surface area contributed by atoms with Gasteiger partial charge >= 0.3 is 0 Å². The molecule has 0 saturated carbocycles. The summed E-state index contributed by atoms with van der Waals surface area (Å²) < 4.78 is 0. The van der Waals surface area contributed by atoms with Gasteiger partial charge in [0, 0.05) is 29.9 Å². The molecule has 0 aliphatic rings. The van der Waals surface area contributed by atoms with Gasteiger partial charge in [0.1, 0.15) is 0 Å². The van der Waals surface area contributed by atoms with Crippen LogP contribution >= 0.6 is 11.8 Å². The van der Waals surface area contributed by atoms with Gasteiger partial charge in [-0.2, -0.15) is 0 Å². The van der Waals surface area contributed by atoms with Crippen molar-refractivity contribution in [1.82, 2.24) is 10.3 Å². The second-order valence-corrected chi connectivity index (χ2v) is 5.33. The van der Waals surface area contributed by atoms with Crippen molar-refractivity contribution in [2.45, 2.75) is 18.4 Å². The summed E-state index contributed by atoms with van der Waals surface area (Å²) in [7, 11) is 0. The van der Waals surface area contributed by atoms with Crippen LogP contribution in [0.25, 0.3) is 0 Å². The molecule has 3 heteroatoms. The van der Waals surface area contributed by atoms with E-state index in [-0.39, 0.29) is 0 Å². The van der Waals surface area contributed by atoms with Crippen LogP contribution in [0, 0.1) is 6.92 Å². The average Bonchev–Trinajstić information content (AvgIpc) is 2.40. The van der Waals surface area contributed by atoms with E-state index in [1.54, 1.807) is 0 Å². The van der Waals surface area contributed by atoms with Crippen molar-refractivity contribution < 1.29 is 0 Å². The summed E-state index contributed by atoms with van der Waals surface area (Å²) in [6.45, 7) is 3.97. The van der Waals surface area contributed by atoms with E-state index in [4.69, 9.17) is 0 Å². The number of hydrogen-bond donors (Lipinski definition) is 1. The van der Waals surface area contributed by atoms with E-state index in [1.165, 1.54) is 10.5 Å². The number of thioether (sulfide) groups is 1. The molecule has 1 aromatic heterocycles. The minimum Gasteiger partial charge on any atom is -0.310 e. The molecular weight excluding hydrogens is 240 g/mol. The van der Waals surface area contributed by atoms with Crippen LogP contribution in [0.2, 0.25) is 0 Å². The molecule has 0 atom stereocenters. The van der Waals surface area contributed by atoms with E-state index in [2.05, 4.69) is 41.5 Å². The fourth-order valence-electron chi connectivity index (χ4n) is 1.67. The topological polar surface area (TPSA) is 24.9 Å². The van der Waals surface area contributed by atoms with Gasteiger partial charge < -0.3 is 5.32 Å². The molecule has 1 N–H and O–H groups in total. The lowest BCUT2D eigenvalue weighted by molar-refractivity contribution is 0.715. The molecule has 2 aromatic rings. The van der Waals surface area contributed by atoms with Crippen LogP contribution in [0.3, 0.4) is 0 Å². The highest BCUT2D eigenvalue weighted by Gasteiger charge is 1.95. The number of pyridine rings is 1. The fourth-order valence-corrected chi connectivity index (χ4v) is 2.59. The maximum absolute atomic E-state index is 4.28. The Morgan fingerprint density at radius 2 is 2.11 bits per heavy atom. The Balaban J connectivity index is 1.65. The minimum absolute atomic E-state index is 0.842. The second kappa shape index (κ2) is 7.19. The van der Waals surface area contributed by atoms with Gasteiger partial charge in [0.05, 0.1) is 5.69 Å². The number of hydrogen-bond acceptors (Lipinski definition) is 3. The Bertz CT molecular complexity index is 471. The third-order valence-corrected chi connectivity index (χ3v) is 3.56. The molecule has 0 radical (unpaired) electrons. The van der Waals surface area contributed by atoms with Gasteiger partial charge in [-0.15, -0.1) is 11.8 Å². The SMILES string of the molecule is Cc1cccc(SCCNCc2ccccn2)c1. The van der Waals surface area contributed by atoms with Crippen molar-refractivity contribution in [2.24, 2.45) is 0 Å². The standard InChI is InChI=1S/C15H18N2S/c1-13-5-4-7-15(11-13)18-10-9-16-12-14-6-2-3-8-17-14/h2-8,11,16H,9-10,12H2,1H3. The Kier molecular flexibility index (Phi) is 5.24. The highest BCUT2D eigenvalue weighted by molar-refractivity contribution is 7.99. The minimum atomic E-state index is 0.842. The molecule has 0 saturated heterocycles. The van der Waals surface area contributed by atoms with Crippen LogP contribution in [0.4, 0.5) is 0 Å². The Morgan fingerprint density at radius 3 is 2.89 bits per heavy atom. The van der Waals surface area contributed by atoms with Gasteiger partial charge in [-0.05, 0) is 31.2 Å². The monoisotopic (exact) mass is 258 g/mol. The highest BCUT2D eigenvalue weighted by atomic mass is 32.2. The number of benzene rings is 1. The van der Waals surface area contributed by atoms with Crippen molar-refractivity contribution in [3.8, 4) is 0 Å². The lowest BCUT2D eigenvalue weighted by atomic mass is 10.2. The number of nitrogens with one attached hydrogen (secondary N) is 1. The molecular formula is C15H18N2S. The number of aryl methyl sites for hydroxylation is 1. The Morgan fingerprint density at radius 1 is 1.17 bits per heavy atom. The summed E-state index contributed by atoms with van der Waals surface area (Å²) in [5.74, 6) is 1.08. The maximum Gasteiger partial charge on any atom is 0.0541 e. The third-order valence-electron chi connectivity index (χ3n) is 2.57. The summed E-state index contributed by atoms with van der Waals surface area (Å²) in [6.07, 6.45) is 1.83. The van der Waals surface area contributed by atoms with Gasteiger partial charge in [0.25, 0.3) is 0 Å². The fraction of sp³-hybridized carbons (Fsp3) is 0.267. The number of rotatable bonds is 6. The largest absolute Gasteiger partial charge is 0.310 e. The molecule has 18 heavy (non-hydrogen) atoms. The summed E-state index contributed by atoms with van der Waals surface area (Å²) in [5.41, 5.74) is 2.42. The van der Waals surface area contributed by atoms with E-state index < -0.39 is 0 Å². The van der Waals surface area contributed by atoms with E-state index >= 15 is 0 Å². The van der Waals surface area contributed by atoms with Gasteiger partial charge in [-0.3, -0.25) is 4.98 Å². The summed E-state index contributed by atoms with van der Waals surface area (Å²) in [6, 6.07) is 14.6. The van der Waals surface area contributed by atoms with Crippen molar-refractivity contribution in [3.63, 3.8) is 0 Å². The molecule has 0 amide bonds.